The SMILES string of the molecule is Cc1ccnc(S(=O)(=O)O)c1O. The Labute approximate surface area is 69.4 Å². The lowest BCUT2D eigenvalue weighted by molar-refractivity contribution is 0.432. The van der Waals surface area contributed by atoms with Crippen LogP contribution in [0, 0.1) is 6.92 Å². The molecule has 0 aliphatic carbocycles. The van der Waals surface area contributed by atoms with Gasteiger partial charge < -0.3 is 5.11 Å². The molecule has 0 saturated carbocycles. The zero-order chi connectivity index (χ0) is 9.35. The van der Waals surface area contributed by atoms with E-state index in [-0.39, 0.29) is 0 Å². The number of hydrogen-bond donors (Lipinski definition) is 2. The second kappa shape index (κ2) is 2.72. The molecule has 2 N–H and O–H groups in total. The molecule has 1 rings (SSSR count). The molecule has 12 heavy (non-hydrogen) atoms. The first kappa shape index (κ1) is 8.95. The summed E-state index contributed by atoms with van der Waals surface area (Å²) in [5.74, 6) is -0.514. The van der Waals surface area contributed by atoms with Crippen molar-refractivity contribution in [3.05, 3.63) is 17.8 Å². The van der Waals surface area contributed by atoms with Crippen molar-refractivity contribution >= 4 is 10.1 Å². The maximum absolute atomic E-state index is 10.5. The van der Waals surface area contributed by atoms with Crippen molar-refractivity contribution in [2.24, 2.45) is 0 Å². The summed E-state index contributed by atoms with van der Waals surface area (Å²) in [7, 11) is -4.42. The first-order valence-electron chi connectivity index (χ1n) is 3.05. The Balaban J connectivity index is 3.47. The van der Waals surface area contributed by atoms with E-state index in [0.29, 0.717) is 5.56 Å². The maximum atomic E-state index is 10.5. The van der Waals surface area contributed by atoms with Crippen molar-refractivity contribution in [1.82, 2.24) is 4.98 Å². The van der Waals surface area contributed by atoms with Gasteiger partial charge in [-0.25, -0.2) is 4.98 Å². The number of hydrogen-bond acceptors (Lipinski definition) is 4. The second-order valence-corrected chi connectivity index (χ2v) is 3.59. The van der Waals surface area contributed by atoms with Crippen LogP contribution in [0.1, 0.15) is 5.56 Å². The van der Waals surface area contributed by atoms with E-state index in [9.17, 15) is 8.42 Å². The van der Waals surface area contributed by atoms with Gasteiger partial charge in [-0.2, -0.15) is 8.42 Å². The summed E-state index contributed by atoms with van der Waals surface area (Å²) in [6, 6.07) is 1.43. The van der Waals surface area contributed by atoms with Crippen molar-refractivity contribution in [3.63, 3.8) is 0 Å². The van der Waals surface area contributed by atoms with Crippen molar-refractivity contribution in [1.29, 1.82) is 0 Å². The molecule has 0 amide bonds. The summed E-state index contributed by atoms with van der Waals surface area (Å²) in [5.41, 5.74) is 0.345. The highest BCUT2D eigenvalue weighted by molar-refractivity contribution is 7.85. The molecule has 0 spiro atoms. The molecule has 1 aromatic heterocycles. The van der Waals surface area contributed by atoms with Crippen LogP contribution in [0.15, 0.2) is 17.3 Å². The summed E-state index contributed by atoms with van der Waals surface area (Å²) in [4.78, 5) is 3.32. The Kier molecular flexibility index (Phi) is 2.03. The van der Waals surface area contributed by atoms with E-state index < -0.39 is 20.9 Å². The fourth-order valence-corrected chi connectivity index (χ4v) is 1.31. The Bertz CT molecular complexity index is 398. The van der Waals surface area contributed by atoms with Gasteiger partial charge >= 0.3 is 10.1 Å². The van der Waals surface area contributed by atoms with E-state index in [4.69, 9.17) is 9.66 Å². The molecule has 0 atom stereocenters. The largest absolute Gasteiger partial charge is 0.505 e. The smallest absolute Gasteiger partial charge is 0.315 e. The maximum Gasteiger partial charge on any atom is 0.315 e. The average molecular weight is 189 g/mol. The quantitative estimate of drug-likeness (QED) is 0.622. The van der Waals surface area contributed by atoms with Crippen LogP contribution in [0.25, 0.3) is 0 Å². The molecule has 5 nitrogen and oxygen atoms in total. The van der Waals surface area contributed by atoms with Crippen molar-refractivity contribution in [2.45, 2.75) is 11.9 Å². The van der Waals surface area contributed by atoms with E-state index in [0.717, 1.165) is 0 Å². The van der Waals surface area contributed by atoms with Gasteiger partial charge in [0.1, 0.15) is 0 Å². The fraction of sp³-hybridized carbons (Fsp3) is 0.167. The molecular formula is C6H7NO4S. The summed E-state index contributed by atoms with van der Waals surface area (Å²) >= 11 is 0. The number of aryl methyl sites for hydroxylation is 1. The van der Waals surface area contributed by atoms with E-state index in [2.05, 4.69) is 4.98 Å². The Morgan fingerprint density at radius 2 is 2.08 bits per heavy atom. The molecule has 0 aromatic carbocycles. The van der Waals surface area contributed by atoms with Gasteiger partial charge in [-0.1, -0.05) is 0 Å². The third-order valence-electron chi connectivity index (χ3n) is 1.34. The van der Waals surface area contributed by atoms with Crippen LogP contribution in [-0.4, -0.2) is 23.1 Å². The second-order valence-electron chi connectivity index (χ2n) is 2.26. The lowest BCUT2D eigenvalue weighted by Crippen LogP contribution is -2.01. The molecule has 66 valence electrons. The minimum absolute atomic E-state index is 0.345. The van der Waals surface area contributed by atoms with Gasteiger partial charge in [-0.3, -0.25) is 4.55 Å². The topological polar surface area (TPSA) is 87.5 Å². The third kappa shape index (κ3) is 1.54. The van der Waals surface area contributed by atoms with Crippen molar-refractivity contribution in [2.75, 3.05) is 0 Å². The Morgan fingerprint density at radius 3 is 2.50 bits per heavy atom. The zero-order valence-electron chi connectivity index (χ0n) is 6.22. The molecule has 0 bridgehead atoms. The average Bonchev–Trinajstić information content (AvgIpc) is 1.92. The molecule has 1 heterocycles. The van der Waals surface area contributed by atoms with E-state index in [1.807, 2.05) is 0 Å². The minimum Gasteiger partial charge on any atom is -0.505 e. The van der Waals surface area contributed by atoms with Crippen molar-refractivity contribution in [3.8, 4) is 5.75 Å². The highest BCUT2D eigenvalue weighted by Gasteiger charge is 2.17. The third-order valence-corrected chi connectivity index (χ3v) is 2.12. The molecule has 0 radical (unpaired) electrons. The van der Waals surface area contributed by atoms with Crippen LogP contribution in [0.4, 0.5) is 0 Å². The zero-order valence-corrected chi connectivity index (χ0v) is 7.04. The van der Waals surface area contributed by atoms with Crippen molar-refractivity contribution < 1.29 is 18.1 Å². The number of nitrogens with zero attached hydrogens (tertiary/aromatic N) is 1. The van der Waals surface area contributed by atoms with Crippen LogP contribution in [-0.2, 0) is 10.1 Å². The van der Waals surface area contributed by atoms with Gasteiger partial charge in [0.15, 0.2) is 5.75 Å². The summed E-state index contributed by atoms with van der Waals surface area (Å²) in [6.45, 7) is 1.51. The number of aromatic nitrogens is 1. The van der Waals surface area contributed by atoms with Crippen LogP contribution in [0.3, 0.4) is 0 Å². The molecular weight excluding hydrogens is 182 g/mol. The standard InChI is InChI=1S/C6H7NO4S/c1-4-2-3-7-6(5(4)8)12(9,10)11/h2-3,8H,1H3,(H,9,10,11). The molecule has 6 heteroatoms. The van der Waals surface area contributed by atoms with Gasteiger partial charge in [0.25, 0.3) is 0 Å². The molecule has 0 fully saturated rings. The number of pyridine rings is 1. The van der Waals surface area contributed by atoms with Crippen LogP contribution >= 0.6 is 0 Å². The summed E-state index contributed by atoms with van der Waals surface area (Å²) in [6.07, 6.45) is 1.19. The molecule has 0 saturated heterocycles. The fourth-order valence-electron chi connectivity index (χ4n) is 0.714. The highest BCUT2D eigenvalue weighted by Crippen LogP contribution is 2.22. The van der Waals surface area contributed by atoms with E-state index in [1.54, 1.807) is 0 Å². The first-order valence-corrected chi connectivity index (χ1v) is 4.49. The van der Waals surface area contributed by atoms with E-state index >= 15 is 0 Å². The van der Waals surface area contributed by atoms with Gasteiger partial charge in [-0.05, 0) is 18.6 Å². The normalized spacial score (nSPS) is 11.5. The monoisotopic (exact) mass is 189 g/mol. The predicted octanol–water partition coefficient (Wildman–Crippen LogP) is 0.342. The summed E-state index contributed by atoms with van der Waals surface area (Å²) in [5, 5.41) is 8.43. The molecule has 0 aliphatic heterocycles. The van der Waals surface area contributed by atoms with Crippen LogP contribution in [0.5, 0.6) is 5.75 Å². The van der Waals surface area contributed by atoms with Crippen LogP contribution in [0.2, 0.25) is 0 Å². The molecule has 0 unspecified atom stereocenters. The van der Waals surface area contributed by atoms with Gasteiger partial charge in [0.2, 0.25) is 5.03 Å². The Morgan fingerprint density at radius 1 is 1.50 bits per heavy atom. The molecule has 0 aliphatic rings. The van der Waals surface area contributed by atoms with Crippen LogP contribution < -0.4 is 0 Å². The van der Waals surface area contributed by atoms with Gasteiger partial charge in [0.05, 0.1) is 0 Å². The predicted molar refractivity (Wildman–Crippen MR) is 40.5 cm³/mol. The minimum atomic E-state index is -4.42. The first-order chi connectivity index (χ1) is 5.43. The molecule has 1 aromatic rings. The number of rotatable bonds is 1. The van der Waals surface area contributed by atoms with Gasteiger partial charge in [-0.15, -0.1) is 0 Å². The highest BCUT2D eigenvalue weighted by atomic mass is 32.2. The Hall–Kier alpha value is -1.14. The van der Waals surface area contributed by atoms with Gasteiger partial charge in [0, 0.05) is 6.20 Å². The lowest BCUT2D eigenvalue weighted by atomic mass is 10.3. The summed E-state index contributed by atoms with van der Waals surface area (Å²) < 4.78 is 29.6. The van der Waals surface area contributed by atoms with E-state index in [1.165, 1.54) is 19.2 Å². The number of aromatic hydroxyl groups is 1. The lowest BCUT2D eigenvalue weighted by Gasteiger charge is -2.01.